The van der Waals surface area contributed by atoms with Gasteiger partial charge in [-0.2, -0.15) is 0 Å². The van der Waals surface area contributed by atoms with Crippen molar-refractivity contribution in [2.45, 2.75) is 6.92 Å². The first kappa shape index (κ1) is 14.5. The van der Waals surface area contributed by atoms with Gasteiger partial charge in [-0.25, -0.2) is 0 Å². The summed E-state index contributed by atoms with van der Waals surface area (Å²) < 4.78 is 0. The van der Waals surface area contributed by atoms with Crippen LogP contribution in [-0.2, 0) is 0 Å². The van der Waals surface area contributed by atoms with E-state index in [2.05, 4.69) is 5.32 Å². The summed E-state index contributed by atoms with van der Waals surface area (Å²) in [7, 11) is 0. The topological polar surface area (TPSA) is 69.6 Å². The maximum atomic E-state index is 12.1. The molecule has 0 radical (unpaired) electrons. The fraction of sp³-hybridized carbons (Fsp3) is 0.0714. The van der Waals surface area contributed by atoms with Crippen molar-refractivity contribution < 1.29 is 15.0 Å². The normalized spacial score (nSPS) is 10.3. The average Bonchev–Trinajstić information content (AvgIpc) is 2.38. The summed E-state index contributed by atoms with van der Waals surface area (Å²) in [5.74, 6) is -0.959. The lowest BCUT2D eigenvalue weighted by Crippen LogP contribution is -2.12. The van der Waals surface area contributed by atoms with Gasteiger partial charge >= 0.3 is 0 Å². The highest BCUT2D eigenvalue weighted by molar-refractivity contribution is 6.40. The van der Waals surface area contributed by atoms with Crippen LogP contribution in [0, 0.1) is 6.92 Å². The lowest BCUT2D eigenvalue weighted by molar-refractivity contribution is 0.102. The monoisotopic (exact) mass is 311 g/mol. The summed E-state index contributed by atoms with van der Waals surface area (Å²) in [6, 6.07) is 6.95. The Morgan fingerprint density at radius 2 is 1.70 bits per heavy atom. The van der Waals surface area contributed by atoms with Crippen LogP contribution in [-0.4, -0.2) is 16.1 Å². The zero-order chi connectivity index (χ0) is 14.9. The number of carbonyl (C=O) groups is 1. The van der Waals surface area contributed by atoms with Crippen molar-refractivity contribution in [3.8, 4) is 11.5 Å². The Labute approximate surface area is 125 Å². The molecule has 0 aliphatic carbocycles. The van der Waals surface area contributed by atoms with Crippen LogP contribution in [0.5, 0.6) is 11.5 Å². The molecule has 0 aliphatic heterocycles. The lowest BCUT2D eigenvalue weighted by atomic mass is 10.1. The fourth-order valence-corrected chi connectivity index (χ4v) is 2.15. The van der Waals surface area contributed by atoms with Gasteiger partial charge in [0.05, 0.1) is 15.7 Å². The molecule has 2 aromatic rings. The summed E-state index contributed by atoms with van der Waals surface area (Å²) in [6.07, 6.45) is 0. The van der Waals surface area contributed by atoms with Gasteiger partial charge < -0.3 is 15.5 Å². The van der Waals surface area contributed by atoms with Gasteiger partial charge in [0.15, 0.2) is 0 Å². The van der Waals surface area contributed by atoms with Crippen molar-refractivity contribution in [1.82, 2.24) is 0 Å². The second-order valence-corrected chi connectivity index (χ2v) is 5.03. The van der Waals surface area contributed by atoms with Gasteiger partial charge in [0, 0.05) is 11.6 Å². The third-order valence-electron chi connectivity index (χ3n) is 2.69. The van der Waals surface area contributed by atoms with E-state index in [1.54, 1.807) is 19.1 Å². The molecule has 0 fully saturated rings. The Balaban J connectivity index is 2.35. The quantitative estimate of drug-likeness (QED) is 0.786. The number of aryl methyl sites for hydroxylation is 1. The van der Waals surface area contributed by atoms with Crippen LogP contribution in [0.25, 0.3) is 0 Å². The van der Waals surface area contributed by atoms with E-state index in [0.717, 1.165) is 11.6 Å². The number of hydrogen-bond donors (Lipinski definition) is 3. The van der Waals surface area contributed by atoms with Crippen molar-refractivity contribution in [1.29, 1.82) is 0 Å². The van der Waals surface area contributed by atoms with E-state index < -0.39 is 5.91 Å². The van der Waals surface area contributed by atoms with E-state index in [9.17, 15) is 15.0 Å². The molecule has 2 aromatic carbocycles. The number of nitrogens with one attached hydrogen (secondary N) is 1. The van der Waals surface area contributed by atoms with Gasteiger partial charge in [-0.05, 0) is 30.7 Å². The number of carbonyl (C=O) groups excluding carboxylic acids is 1. The SMILES string of the molecule is Cc1ccc(Cl)c(NC(=O)c2cc(O)cc(O)c2)c1Cl. The van der Waals surface area contributed by atoms with E-state index in [1.165, 1.54) is 12.1 Å². The summed E-state index contributed by atoms with van der Waals surface area (Å²) in [5, 5.41) is 22.0. The van der Waals surface area contributed by atoms with Crippen LogP contribution in [0.4, 0.5) is 5.69 Å². The van der Waals surface area contributed by atoms with Crippen LogP contribution in [0.15, 0.2) is 30.3 Å². The maximum absolute atomic E-state index is 12.1. The molecule has 0 heterocycles. The Morgan fingerprint density at radius 1 is 1.10 bits per heavy atom. The molecular weight excluding hydrogens is 301 g/mol. The Morgan fingerprint density at radius 3 is 2.30 bits per heavy atom. The standard InChI is InChI=1S/C14H11Cl2NO3/c1-7-2-3-11(15)13(12(7)16)17-14(20)8-4-9(18)6-10(19)5-8/h2-6,18-19H,1H3,(H,17,20). The minimum atomic E-state index is -0.536. The highest BCUT2D eigenvalue weighted by Gasteiger charge is 2.14. The van der Waals surface area contributed by atoms with Crippen molar-refractivity contribution in [2.75, 3.05) is 5.32 Å². The number of anilines is 1. The van der Waals surface area contributed by atoms with E-state index in [4.69, 9.17) is 23.2 Å². The summed E-state index contributed by atoms with van der Waals surface area (Å²) in [4.78, 5) is 12.1. The van der Waals surface area contributed by atoms with Crippen LogP contribution in [0.1, 0.15) is 15.9 Å². The molecule has 0 aliphatic rings. The van der Waals surface area contributed by atoms with Crippen LogP contribution < -0.4 is 5.32 Å². The third-order valence-corrected chi connectivity index (χ3v) is 3.49. The number of aromatic hydroxyl groups is 2. The smallest absolute Gasteiger partial charge is 0.256 e. The van der Waals surface area contributed by atoms with Crippen LogP contribution in [0.3, 0.4) is 0 Å². The molecule has 0 bridgehead atoms. The number of halogens is 2. The van der Waals surface area contributed by atoms with Gasteiger partial charge in [0.1, 0.15) is 11.5 Å². The Kier molecular flexibility index (Phi) is 4.06. The number of phenols is 2. The molecule has 0 saturated heterocycles. The van der Waals surface area contributed by atoms with Crippen LogP contribution in [0.2, 0.25) is 10.0 Å². The molecule has 4 nitrogen and oxygen atoms in total. The van der Waals surface area contributed by atoms with E-state index in [1.807, 2.05) is 0 Å². The largest absolute Gasteiger partial charge is 0.508 e. The number of phenolic OH excluding ortho intramolecular Hbond substituents is 2. The molecule has 3 N–H and O–H groups in total. The van der Waals surface area contributed by atoms with Crippen molar-refractivity contribution in [2.24, 2.45) is 0 Å². The molecule has 0 atom stereocenters. The predicted octanol–water partition coefficient (Wildman–Crippen LogP) is 3.97. The van der Waals surface area contributed by atoms with E-state index in [-0.39, 0.29) is 17.1 Å². The van der Waals surface area contributed by atoms with Gasteiger partial charge in [0.25, 0.3) is 5.91 Å². The highest BCUT2D eigenvalue weighted by atomic mass is 35.5. The number of hydrogen-bond acceptors (Lipinski definition) is 3. The fourth-order valence-electron chi connectivity index (χ4n) is 1.68. The van der Waals surface area contributed by atoms with Gasteiger partial charge in [0.2, 0.25) is 0 Å². The minimum Gasteiger partial charge on any atom is -0.508 e. The van der Waals surface area contributed by atoms with Crippen molar-refractivity contribution in [3.05, 3.63) is 51.5 Å². The van der Waals surface area contributed by atoms with Gasteiger partial charge in [-0.3, -0.25) is 4.79 Å². The second-order valence-electron chi connectivity index (χ2n) is 4.25. The molecule has 20 heavy (non-hydrogen) atoms. The van der Waals surface area contributed by atoms with Gasteiger partial charge in [-0.1, -0.05) is 29.3 Å². The van der Waals surface area contributed by atoms with Crippen molar-refractivity contribution >= 4 is 34.8 Å². The molecule has 0 saturated carbocycles. The third kappa shape index (κ3) is 2.98. The second kappa shape index (κ2) is 5.61. The Bertz CT molecular complexity index is 666. The number of amides is 1. The zero-order valence-corrected chi connectivity index (χ0v) is 12.0. The first-order valence-electron chi connectivity index (χ1n) is 5.67. The zero-order valence-electron chi connectivity index (χ0n) is 10.4. The van der Waals surface area contributed by atoms with Gasteiger partial charge in [-0.15, -0.1) is 0 Å². The summed E-state index contributed by atoms with van der Waals surface area (Å²) in [5.41, 5.74) is 1.16. The summed E-state index contributed by atoms with van der Waals surface area (Å²) >= 11 is 12.1. The molecule has 6 heteroatoms. The molecule has 2 rings (SSSR count). The molecule has 0 spiro atoms. The van der Waals surface area contributed by atoms with E-state index >= 15 is 0 Å². The summed E-state index contributed by atoms with van der Waals surface area (Å²) in [6.45, 7) is 1.79. The predicted molar refractivity (Wildman–Crippen MR) is 78.9 cm³/mol. The molecule has 0 unspecified atom stereocenters. The van der Waals surface area contributed by atoms with Crippen molar-refractivity contribution in [3.63, 3.8) is 0 Å². The highest BCUT2D eigenvalue weighted by Crippen LogP contribution is 2.33. The van der Waals surface area contributed by atoms with E-state index in [0.29, 0.717) is 15.7 Å². The molecule has 0 aromatic heterocycles. The lowest BCUT2D eigenvalue weighted by Gasteiger charge is -2.11. The maximum Gasteiger partial charge on any atom is 0.256 e. The number of benzene rings is 2. The first-order valence-corrected chi connectivity index (χ1v) is 6.43. The first-order chi connectivity index (χ1) is 9.38. The molecular formula is C14H11Cl2NO3. The molecule has 1 amide bonds. The number of rotatable bonds is 2. The van der Waals surface area contributed by atoms with Crippen LogP contribution >= 0.6 is 23.2 Å². The average molecular weight is 312 g/mol. The minimum absolute atomic E-state index is 0.0936. The Hall–Kier alpha value is -1.91. The molecule has 104 valence electrons.